The Morgan fingerprint density at radius 2 is 1.00 bits per heavy atom. The zero-order chi connectivity index (χ0) is 26.8. The van der Waals surface area contributed by atoms with E-state index in [4.69, 9.17) is 18.9 Å². The van der Waals surface area contributed by atoms with E-state index >= 15 is 0 Å². The lowest BCUT2D eigenvalue weighted by molar-refractivity contribution is -0.204. The van der Waals surface area contributed by atoms with Crippen LogP contribution < -0.4 is 0 Å². The lowest BCUT2D eigenvalue weighted by Crippen LogP contribution is -2.64. The van der Waals surface area contributed by atoms with Crippen LogP contribution in [0.5, 0.6) is 0 Å². The number of ether oxygens (including phenoxy) is 4. The molecule has 9 nitrogen and oxygen atoms in total. The second kappa shape index (κ2) is 13.2. The Labute approximate surface area is 207 Å². The number of rotatable bonds is 12. The first-order valence-corrected chi connectivity index (χ1v) is 12.1. The maximum atomic E-state index is 13.7. The van der Waals surface area contributed by atoms with Gasteiger partial charge in [-0.2, -0.15) is 0 Å². The van der Waals surface area contributed by atoms with Gasteiger partial charge < -0.3 is 18.9 Å². The highest BCUT2D eigenvalue weighted by atomic mass is 16.6. The highest BCUT2D eigenvalue weighted by Gasteiger charge is 2.75. The third kappa shape index (κ3) is 5.65. The SMILES string of the molecule is CCC/C=C(/C)C1=C(C(C)=O)CC(C(=O)OCC)(C(=O)OCC)C(C(=O)OCC)(C(=O)OCC)C1. The van der Waals surface area contributed by atoms with Crippen molar-refractivity contribution in [3.05, 3.63) is 22.8 Å². The van der Waals surface area contributed by atoms with Crippen molar-refractivity contribution in [3.63, 3.8) is 0 Å². The molecule has 0 aromatic carbocycles. The van der Waals surface area contributed by atoms with Gasteiger partial charge in [0.1, 0.15) is 0 Å². The molecule has 35 heavy (non-hydrogen) atoms. The Bertz CT molecular complexity index is 858. The van der Waals surface area contributed by atoms with Crippen LogP contribution in [0.25, 0.3) is 0 Å². The first-order valence-electron chi connectivity index (χ1n) is 12.1. The first-order chi connectivity index (χ1) is 16.5. The molecule has 1 rings (SSSR count). The Kier molecular flexibility index (Phi) is 11.3. The molecule has 196 valence electrons. The molecule has 1 aliphatic carbocycles. The fraction of sp³-hybridized carbons (Fsp3) is 0.654. The zero-order valence-electron chi connectivity index (χ0n) is 21.9. The average Bonchev–Trinajstić information content (AvgIpc) is 2.81. The van der Waals surface area contributed by atoms with E-state index < -0.39 is 53.3 Å². The summed E-state index contributed by atoms with van der Waals surface area (Å²) >= 11 is 0. The molecule has 0 aromatic rings. The predicted octanol–water partition coefficient (Wildman–Crippen LogP) is 3.64. The molecule has 0 aromatic heterocycles. The van der Waals surface area contributed by atoms with E-state index in [0.29, 0.717) is 17.6 Å². The van der Waals surface area contributed by atoms with Crippen LogP contribution >= 0.6 is 0 Å². The van der Waals surface area contributed by atoms with E-state index in [1.54, 1.807) is 20.8 Å². The molecular weight excluding hydrogens is 456 g/mol. The van der Waals surface area contributed by atoms with Crippen molar-refractivity contribution in [2.75, 3.05) is 26.4 Å². The van der Waals surface area contributed by atoms with E-state index in [1.165, 1.54) is 20.8 Å². The molecule has 0 spiro atoms. The number of Topliss-reactive ketones (excluding diaryl/α,β-unsaturated/α-hetero) is 1. The minimum atomic E-state index is -2.51. The van der Waals surface area contributed by atoms with Crippen molar-refractivity contribution < 1.29 is 42.9 Å². The Balaban J connectivity index is 4.25. The summed E-state index contributed by atoms with van der Waals surface area (Å²) in [5, 5.41) is 0. The van der Waals surface area contributed by atoms with E-state index in [0.717, 1.165) is 6.42 Å². The summed E-state index contributed by atoms with van der Waals surface area (Å²) in [7, 11) is 0. The molecule has 0 saturated heterocycles. The highest BCUT2D eigenvalue weighted by molar-refractivity contribution is 6.16. The molecule has 0 unspecified atom stereocenters. The smallest absolute Gasteiger partial charge is 0.325 e. The van der Waals surface area contributed by atoms with Gasteiger partial charge in [-0.15, -0.1) is 0 Å². The number of esters is 4. The van der Waals surface area contributed by atoms with Crippen molar-refractivity contribution >= 4 is 29.7 Å². The van der Waals surface area contributed by atoms with Crippen molar-refractivity contribution in [1.82, 2.24) is 0 Å². The summed E-state index contributed by atoms with van der Waals surface area (Å²) in [4.78, 5) is 67.3. The molecule has 0 radical (unpaired) electrons. The fourth-order valence-electron chi connectivity index (χ4n) is 4.41. The number of ketones is 1. The second-order valence-corrected chi connectivity index (χ2v) is 8.24. The number of hydrogen-bond donors (Lipinski definition) is 0. The molecular formula is C26H38O9. The molecule has 0 N–H and O–H groups in total. The quantitative estimate of drug-likeness (QED) is 0.227. The van der Waals surface area contributed by atoms with Crippen LogP contribution in [0, 0.1) is 10.8 Å². The average molecular weight is 495 g/mol. The number of unbranched alkanes of at least 4 members (excludes halogenated alkanes) is 1. The second-order valence-electron chi connectivity index (χ2n) is 8.24. The third-order valence-electron chi connectivity index (χ3n) is 6.11. The van der Waals surface area contributed by atoms with E-state index in [9.17, 15) is 24.0 Å². The van der Waals surface area contributed by atoms with Gasteiger partial charge in [-0.05, 0) is 53.5 Å². The van der Waals surface area contributed by atoms with Gasteiger partial charge in [0.05, 0.1) is 26.4 Å². The summed E-state index contributed by atoms with van der Waals surface area (Å²) in [5.41, 5.74) is -3.74. The van der Waals surface area contributed by atoms with E-state index in [1.807, 2.05) is 13.0 Å². The monoisotopic (exact) mass is 494 g/mol. The van der Waals surface area contributed by atoms with Gasteiger partial charge in [0.25, 0.3) is 0 Å². The molecule has 0 fully saturated rings. The molecule has 9 heteroatoms. The topological polar surface area (TPSA) is 122 Å². The van der Waals surface area contributed by atoms with Gasteiger partial charge >= 0.3 is 23.9 Å². The van der Waals surface area contributed by atoms with Gasteiger partial charge in [0, 0.05) is 18.4 Å². The van der Waals surface area contributed by atoms with Crippen LogP contribution in [0.3, 0.4) is 0 Å². The maximum Gasteiger partial charge on any atom is 0.325 e. The Hall–Kier alpha value is -2.97. The molecule has 0 aliphatic heterocycles. The molecule has 0 heterocycles. The van der Waals surface area contributed by atoms with Gasteiger partial charge in [-0.25, -0.2) is 0 Å². The first kappa shape index (κ1) is 30.1. The summed E-state index contributed by atoms with van der Waals surface area (Å²) in [6.45, 7) is 10.7. The zero-order valence-corrected chi connectivity index (χ0v) is 21.9. The van der Waals surface area contributed by atoms with E-state index in [2.05, 4.69) is 0 Å². The van der Waals surface area contributed by atoms with Crippen LogP contribution in [0.15, 0.2) is 22.8 Å². The minimum Gasteiger partial charge on any atom is -0.465 e. The minimum absolute atomic E-state index is 0.120. The lowest BCUT2D eigenvalue weighted by atomic mass is 9.53. The van der Waals surface area contributed by atoms with Crippen LogP contribution in [-0.2, 0) is 42.9 Å². The number of carbonyl (C=O) groups excluding carboxylic acids is 5. The lowest BCUT2D eigenvalue weighted by Gasteiger charge is -2.46. The van der Waals surface area contributed by atoms with Crippen LogP contribution in [0.4, 0.5) is 0 Å². The number of hydrogen-bond acceptors (Lipinski definition) is 9. The van der Waals surface area contributed by atoms with E-state index in [-0.39, 0.29) is 32.0 Å². The molecule has 0 atom stereocenters. The Morgan fingerprint density at radius 3 is 1.29 bits per heavy atom. The van der Waals surface area contributed by atoms with Crippen LogP contribution in [0.1, 0.15) is 74.1 Å². The number of allylic oxidation sites excluding steroid dienone is 4. The third-order valence-corrected chi connectivity index (χ3v) is 6.11. The van der Waals surface area contributed by atoms with Gasteiger partial charge in [0.15, 0.2) is 16.6 Å². The largest absolute Gasteiger partial charge is 0.465 e. The van der Waals surface area contributed by atoms with Crippen LogP contribution in [0.2, 0.25) is 0 Å². The van der Waals surface area contributed by atoms with Gasteiger partial charge in [0.2, 0.25) is 0 Å². The van der Waals surface area contributed by atoms with Crippen molar-refractivity contribution in [3.8, 4) is 0 Å². The summed E-state index contributed by atoms with van der Waals surface area (Å²) in [6.07, 6.45) is 2.39. The predicted molar refractivity (Wildman–Crippen MR) is 127 cm³/mol. The van der Waals surface area contributed by atoms with Gasteiger partial charge in [-0.3, -0.25) is 24.0 Å². The Morgan fingerprint density at radius 1 is 0.657 bits per heavy atom. The molecule has 0 amide bonds. The molecule has 0 saturated carbocycles. The van der Waals surface area contributed by atoms with Crippen molar-refractivity contribution in [2.24, 2.45) is 10.8 Å². The van der Waals surface area contributed by atoms with Crippen molar-refractivity contribution in [1.29, 1.82) is 0 Å². The van der Waals surface area contributed by atoms with Crippen molar-refractivity contribution in [2.45, 2.75) is 74.1 Å². The maximum absolute atomic E-state index is 13.7. The van der Waals surface area contributed by atoms with Crippen LogP contribution in [-0.4, -0.2) is 56.1 Å². The normalized spacial score (nSPS) is 16.8. The summed E-state index contributed by atoms with van der Waals surface area (Å²) < 4.78 is 21.1. The standard InChI is InChI=1S/C26H38O9/c1-8-13-14-17(6)19-15-25(21(28)32-9-2,22(29)33-10-3)26(23(30)34-11-4,24(31)35-12-5)16-20(19)18(7)27/h14H,8-13,15-16H2,1-7H3/b17-14-. The highest BCUT2D eigenvalue weighted by Crippen LogP contribution is 2.57. The fourth-order valence-corrected chi connectivity index (χ4v) is 4.41. The van der Waals surface area contributed by atoms with Gasteiger partial charge in [-0.1, -0.05) is 25.0 Å². The number of carbonyl (C=O) groups is 5. The molecule has 0 bridgehead atoms. The summed E-state index contributed by atoms with van der Waals surface area (Å²) in [5.74, 6) is -4.91. The summed E-state index contributed by atoms with van der Waals surface area (Å²) in [6, 6.07) is 0. The molecule has 1 aliphatic rings.